The zero-order valence-corrected chi connectivity index (χ0v) is 22.8. The van der Waals surface area contributed by atoms with Crippen LogP contribution >= 0.6 is 0 Å². The van der Waals surface area contributed by atoms with Crippen molar-refractivity contribution in [2.24, 2.45) is 5.92 Å². The van der Waals surface area contributed by atoms with Gasteiger partial charge in [-0.3, -0.25) is 0 Å². The van der Waals surface area contributed by atoms with E-state index >= 15 is 0 Å². The molecule has 0 bridgehead atoms. The zero-order chi connectivity index (χ0) is 27.6. The molecule has 8 heteroatoms. The Labute approximate surface area is 223 Å². The third-order valence-corrected chi connectivity index (χ3v) is 7.21. The van der Waals surface area contributed by atoms with Crippen molar-refractivity contribution in [3.63, 3.8) is 0 Å². The number of hydrogen-bond acceptors (Lipinski definition) is 8. The summed E-state index contributed by atoms with van der Waals surface area (Å²) >= 11 is 0. The van der Waals surface area contributed by atoms with Crippen LogP contribution in [0.15, 0.2) is 42.5 Å². The fraction of sp³-hybridized carbons (Fsp3) is 0.367. The Balaban J connectivity index is 2.13. The molecule has 0 radical (unpaired) electrons. The van der Waals surface area contributed by atoms with E-state index in [9.17, 15) is 9.90 Å². The third-order valence-electron chi connectivity index (χ3n) is 7.21. The van der Waals surface area contributed by atoms with Crippen molar-refractivity contribution in [1.82, 2.24) is 0 Å². The SMILES string of the molecule is COc1cc2c(c(OC)c1OC)-c1c(cc(OC)c(OC)c1OC(=O)c1ccccc1)C[C@H](C)[C@](C)(O)C2. The second kappa shape index (κ2) is 10.8. The summed E-state index contributed by atoms with van der Waals surface area (Å²) in [6.07, 6.45) is 0.760. The van der Waals surface area contributed by atoms with Crippen molar-refractivity contribution >= 4 is 5.97 Å². The molecular formula is C30H34O8. The number of carbonyl (C=O) groups is 1. The van der Waals surface area contributed by atoms with E-state index < -0.39 is 11.6 Å². The van der Waals surface area contributed by atoms with Crippen LogP contribution in [0.5, 0.6) is 34.5 Å². The molecule has 1 aliphatic carbocycles. The molecule has 2 atom stereocenters. The van der Waals surface area contributed by atoms with Crippen LogP contribution in [-0.2, 0) is 12.8 Å². The lowest BCUT2D eigenvalue weighted by molar-refractivity contribution is 0.00625. The molecule has 0 aromatic heterocycles. The minimum atomic E-state index is -1.06. The molecule has 0 amide bonds. The molecule has 0 unspecified atom stereocenters. The summed E-state index contributed by atoms with van der Waals surface area (Å²) in [6.45, 7) is 3.80. The zero-order valence-electron chi connectivity index (χ0n) is 22.8. The Morgan fingerprint density at radius 2 is 1.32 bits per heavy atom. The van der Waals surface area contributed by atoms with Crippen molar-refractivity contribution in [2.45, 2.75) is 32.3 Å². The molecule has 3 aromatic carbocycles. The summed E-state index contributed by atoms with van der Waals surface area (Å²) < 4.78 is 34.7. The molecule has 0 spiro atoms. The normalized spacial score (nSPS) is 18.3. The van der Waals surface area contributed by atoms with Gasteiger partial charge < -0.3 is 33.5 Å². The van der Waals surface area contributed by atoms with Gasteiger partial charge in [0.15, 0.2) is 23.0 Å². The van der Waals surface area contributed by atoms with Gasteiger partial charge in [0.25, 0.3) is 0 Å². The van der Waals surface area contributed by atoms with Crippen molar-refractivity contribution < 1.29 is 38.3 Å². The predicted molar refractivity (Wildman–Crippen MR) is 143 cm³/mol. The van der Waals surface area contributed by atoms with Crippen LogP contribution in [0.4, 0.5) is 0 Å². The highest BCUT2D eigenvalue weighted by atomic mass is 16.6. The Hall–Kier alpha value is -3.91. The molecule has 4 rings (SSSR count). The fourth-order valence-electron chi connectivity index (χ4n) is 5.00. The standard InChI is InChI=1S/C30H34O8/c1-17-13-19-14-21(33-3)26(36-6)28(38-29(31)18-11-9-8-10-12-18)23(19)24-20(16-30(17,2)32)15-22(34-4)25(35-5)27(24)37-7/h8-12,14-15,17,32H,13,16H2,1-7H3/t17-,30+/m0/s1. The van der Waals surface area contributed by atoms with Crippen LogP contribution in [0, 0.1) is 5.92 Å². The van der Waals surface area contributed by atoms with Gasteiger partial charge in [-0.15, -0.1) is 0 Å². The van der Waals surface area contributed by atoms with E-state index in [0.717, 1.165) is 11.1 Å². The number of benzene rings is 3. The highest BCUT2D eigenvalue weighted by molar-refractivity contribution is 5.95. The topological polar surface area (TPSA) is 92.7 Å². The Morgan fingerprint density at radius 1 is 0.789 bits per heavy atom. The molecule has 0 heterocycles. The largest absolute Gasteiger partial charge is 0.493 e. The summed E-state index contributed by atoms with van der Waals surface area (Å²) in [7, 11) is 7.63. The number of aliphatic hydroxyl groups is 1. The van der Waals surface area contributed by atoms with Crippen molar-refractivity contribution in [3.8, 4) is 45.6 Å². The minimum absolute atomic E-state index is 0.163. The molecule has 1 aliphatic rings. The number of hydrogen-bond donors (Lipinski definition) is 1. The van der Waals surface area contributed by atoms with E-state index in [4.69, 9.17) is 28.4 Å². The molecule has 0 fully saturated rings. The Kier molecular flexibility index (Phi) is 7.73. The van der Waals surface area contributed by atoms with Crippen LogP contribution in [0.2, 0.25) is 0 Å². The minimum Gasteiger partial charge on any atom is -0.493 e. The molecular weight excluding hydrogens is 488 g/mol. The Bertz CT molecular complexity index is 1330. The van der Waals surface area contributed by atoms with E-state index in [0.29, 0.717) is 52.5 Å². The summed E-state index contributed by atoms with van der Waals surface area (Å²) in [4.78, 5) is 13.3. The molecule has 1 N–H and O–H groups in total. The summed E-state index contributed by atoms with van der Waals surface area (Å²) in [5.74, 6) is 1.36. The highest BCUT2D eigenvalue weighted by Crippen LogP contribution is 2.56. The number of methoxy groups -OCH3 is 5. The van der Waals surface area contributed by atoms with E-state index in [1.54, 1.807) is 31.4 Å². The maximum Gasteiger partial charge on any atom is 0.343 e. The van der Waals surface area contributed by atoms with Gasteiger partial charge in [-0.2, -0.15) is 0 Å². The van der Waals surface area contributed by atoms with E-state index in [1.165, 1.54) is 28.4 Å². The fourth-order valence-corrected chi connectivity index (χ4v) is 5.00. The van der Waals surface area contributed by atoms with Gasteiger partial charge >= 0.3 is 5.97 Å². The molecule has 202 valence electrons. The quantitative estimate of drug-likeness (QED) is 0.338. The maximum atomic E-state index is 13.3. The lowest BCUT2D eigenvalue weighted by Gasteiger charge is -2.36. The van der Waals surface area contributed by atoms with Crippen LogP contribution in [0.1, 0.15) is 35.3 Å². The first-order chi connectivity index (χ1) is 18.2. The van der Waals surface area contributed by atoms with Gasteiger partial charge in [0.2, 0.25) is 11.5 Å². The molecule has 38 heavy (non-hydrogen) atoms. The lowest BCUT2D eigenvalue weighted by atomic mass is 9.75. The average Bonchev–Trinajstić information content (AvgIpc) is 2.92. The van der Waals surface area contributed by atoms with Crippen LogP contribution in [-0.4, -0.2) is 52.2 Å². The number of carbonyl (C=O) groups excluding carboxylic acids is 1. The first kappa shape index (κ1) is 27.1. The van der Waals surface area contributed by atoms with Crippen LogP contribution in [0.3, 0.4) is 0 Å². The second-order valence-corrected chi connectivity index (χ2v) is 9.55. The van der Waals surface area contributed by atoms with Gasteiger partial charge in [-0.05, 0) is 54.7 Å². The molecule has 0 saturated carbocycles. The monoisotopic (exact) mass is 522 g/mol. The van der Waals surface area contributed by atoms with Crippen molar-refractivity contribution in [3.05, 3.63) is 59.2 Å². The van der Waals surface area contributed by atoms with Gasteiger partial charge in [0.05, 0.1) is 46.7 Å². The van der Waals surface area contributed by atoms with Gasteiger partial charge in [-0.1, -0.05) is 25.1 Å². The van der Waals surface area contributed by atoms with Crippen molar-refractivity contribution in [2.75, 3.05) is 35.5 Å². The summed E-state index contributed by atoms with van der Waals surface area (Å²) in [5, 5.41) is 11.5. The van der Waals surface area contributed by atoms with E-state index in [-0.39, 0.29) is 17.4 Å². The number of esters is 1. The first-order valence-corrected chi connectivity index (χ1v) is 12.3. The molecule has 3 aromatic rings. The van der Waals surface area contributed by atoms with Gasteiger partial charge in [0, 0.05) is 17.5 Å². The maximum absolute atomic E-state index is 13.3. The lowest BCUT2D eigenvalue weighted by Crippen LogP contribution is -2.37. The third kappa shape index (κ3) is 4.72. The molecule has 0 aliphatic heterocycles. The second-order valence-electron chi connectivity index (χ2n) is 9.55. The van der Waals surface area contributed by atoms with E-state index in [2.05, 4.69) is 0 Å². The smallest absolute Gasteiger partial charge is 0.343 e. The molecule has 0 saturated heterocycles. The molecule has 8 nitrogen and oxygen atoms in total. The summed E-state index contributed by atoms with van der Waals surface area (Å²) in [5.41, 5.74) is 2.06. The van der Waals surface area contributed by atoms with Crippen molar-refractivity contribution in [1.29, 1.82) is 0 Å². The Morgan fingerprint density at radius 3 is 1.87 bits per heavy atom. The number of ether oxygens (including phenoxy) is 6. The average molecular weight is 523 g/mol. The number of fused-ring (bicyclic) bond motifs is 3. The van der Waals surface area contributed by atoms with Gasteiger partial charge in [-0.25, -0.2) is 4.79 Å². The number of rotatable bonds is 7. The van der Waals surface area contributed by atoms with Crippen LogP contribution < -0.4 is 28.4 Å². The van der Waals surface area contributed by atoms with Gasteiger partial charge in [0.1, 0.15) is 0 Å². The first-order valence-electron chi connectivity index (χ1n) is 12.3. The predicted octanol–water partition coefficient (Wildman–Crippen LogP) is 5.10. The highest BCUT2D eigenvalue weighted by Gasteiger charge is 2.38. The summed E-state index contributed by atoms with van der Waals surface area (Å²) in [6, 6.07) is 12.4. The van der Waals surface area contributed by atoms with E-state index in [1.807, 2.05) is 32.0 Å². The van der Waals surface area contributed by atoms with Crippen LogP contribution in [0.25, 0.3) is 11.1 Å².